The molecule has 2 aliphatic rings. The third-order valence-electron chi connectivity index (χ3n) is 6.78. The van der Waals surface area contributed by atoms with Crippen molar-refractivity contribution >= 4 is 18.0 Å². The average molecular weight is 476 g/mol. The summed E-state index contributed by atoms with van der Waals surface area (Å²) < 4.78 is 5.57. The molecule has 0 radical (unpaired) electrons. The molecule has 0 bridgehead atoms. The summed E-state index contributed by atoms with van der Waals surface area (Å²) in [4.78, 5) is 36.3. The van der Waals surface area contributed by atoms with Crippen LogP contribution in [0.15, 0.2) is 48.5 Å². The van der Waals surface area contributed by atoms with Gasteiger partial charge in [-0.25, -0.2) is 4.79 Å². The number of alkyl carbamates (subject to hydrolysis) is 1. The summed E-state index contributed by atoms with van der Waals surface area (Å²) in [5, 5.41) is 23.3. The number of nitrogens with zero attached hydrogens (tertiary/aromatic N) is 1. The molecular formula is C27H29N3O5. The summed E-state index contributed by atoms with van der Waals surface area (Å²) in [6, 6.07) is 17.2. The van der Waals surface area contributed by atoms with Gasteiger partial charge in [-0.05, 0) is 53.9 Å². The molecule has 182 valence electrons. The SMILES string of the molecule is N#CCCCC(NC(=O)OCC1c2ccccc2-c2ccccc21)C(=O)NC1CC(CC(=O)O)C1. The van der Waals surface area contributed by atoms with Crippen molar-refractivity contribution < 1.29 is 24.2 Å². The number of carbonyl (C=O) groups is 3. The van der Waals surface area contributed by atoms with Gasteiger partial charge in [0.2, 0.25) is 5.91 Å². The quantitative estimate of drug-likeness (QED) is 0.446. The third-order valence-corrected chi connectivity index (χ3v) is 6.78. The number of nitriles is 1. The smallest absolute Gasteiger partial charge is 0.407 e. The van der Waals surface area contributed by atoms with E-state index in [1.165, 1.54) is 0 Å². The van der Waals surface area contributed by atoms with E-state index in [2.05, 4.69) is 28.8 Å². The molecule has 0 saturated heterocycles. The van der Waals surface area contributed by atoms with Crippen LogP contribution < -0.4 is 10.6 Å². The van der Waals surface area contributed by atoms with Gasteiger partial charge in [-0.3, -0.25) is 9.59 Å². The number of hydrogen-bond donors (Lipinski definition) is 3. The average Bonchev–Trinajstić information content (AvgIpc) is 3.14. The van der Waals surface area contributed by atoms with E-state index in [1.807, 2.05) is 36.4 Å². The Labute approximate surface area is 204 Å². The van der Waals surface area contributed by atoms with Crippen LogP contribution in [0.3, 0.4) is 0 Å². The number of rotatable bonds is 10. The Hall–Kier alpha value is -3.86. The highest BCUT2D eigenvalue weighted by Gasteiger charge is 2.34. The van der Waals surface area contributed by atoms with E-state index in [9.17, 15) is 14.4 Å². The zero-order valence-electron chi connectivity index (χ0n) is 19.4. The summed E-state index contributed by atoms with van der Waals surface area (Å²) in [6.07, 6.45) is 1.68. The van der Waals surface area contributed by atoms with Crippen molar-refractivity contribution in [3.8, 4) is 17.2 Å². The largest absolute Gasteiger partial charge is 0.481 e. The summed E-state index contributed by atoms with van der Waals surface area (Å²) in [5.41, 5.74) is 4.47. The number of nitrogens with one attached hydrogen (secondary N) is 2. The van der Waals surface area contributed by atoms with Crippen LogP contribution in [0.5, 0.6) is 0 Å². The molecule has 8 nitrogen and oxygen atoms in total. The third kappa shape index (κ3) is 5.80. The Morgan fingerprint density at radius 3 is 2.29 bits per heavy atom. The fourth-order valence-corrected chi connectivity index (χ4v) is 5.01. The van der Waals surface area contributed by atoms with Crippen LogP contribution in [-0.2, 0) is 14.3 Å². The first-order valence-corrected chi connectivity index (χ1v) is 12.0. The monoisotopic (exact) mass is 475 g/mol. The van der Waals surface area contributed by atoms with Crippen LogP contribution in [0.2, 0.25) is 0 Å². The lowest BCUT2D eigenvalue weighted by molar-refractivity contribution is -0.139. The second-order valence-electron chi connectivity index (χ2n) is 9.21. The second-order valence-corrected chi connectivity index (χ2v) is 9.21. The van der Waals surface area contributed by atoms with E-state index < -0.39 is 18.1 Å². The number of carbonyl (C=O) groups excluding carboxylic acids is 2. The number of ether oxygens (including phenoxy) is 1. The zero-order chi connectivity index (χ0) is 24.8. The molecule has 1 saturated carbocycles. The van der Waals surface area contributed by atoms with Crippen molar-refractivity contribution in [2.45, 2.75) is 56.5 Å². The van der Waals surface area contributed by atoms with Gasteiger partial charge in [0.15, 0.2) is 0 Å². The van der Waals surface area contributed by atoms with Gasteiger partial charge in [-0.2, -0.15) is 5.26 Å². The minimum atomic E-state index is -0.842. The van der Waals surface area contributed by atoms with Crippen molar-refractivity contribution in [3.05, 3.63) is 59.7 Å². The molecule has 0 spiro atoms. The highest BCUT2D eigenvalue weighted by Crippen LogP contribution is 2.44. The number of aliphatic carboxylic acids is 1. The fraction of sp³-hybridized carbons (Fsp3) is 0.407. The molecule has 35 heavy (non-hydrogen) atoms. The van der Waals surface area contributed by atoms with Crippen molar-refractivity contribution in [1.29, 1.82) is 5.26 Å². The molecule has 2 aromatic carbocycles. The van der Waals surface area contributed by atoms with Gasteiger partial charge in [-0.15, -0.1) is 0 Å². The summed E-state index contributed by atoms with van der Waals surface area (Å²) in [5.74, 6) is -1.20. The van der Waals surface area contributed by atoms with E-state index in [0.717, 1.165) is 22.3 Å². The summed E-state index contributed by atoms with van der Waals surface area (Å²) in [6.45, 7) is 0.145. The summed E-state index contributed by atoms with van der Waals surface area (Å²) >= 11 is 0. The molecule has 0 heterocycles. The maximum Gasteiger partial charge on any atom is 0.407 e. The maximum atomic E-state index is 12.8. The molecule has 1 atom stereocenters. The van der Waals surface area contributed by atoms with Gasteiger partial charge in [0.05, 0.1) is 6.07 Å². The highest BCUT2D eigenvalue weighted by molar-refractivity contribution is 5.86. The lowest BCUT2D eigenvalue weighted by Crippen LogP contribution is -2.53. The van der Waals surface area contributed by atoms with Crippen molar-refractivity contribution in [3.63, 3.8) is 0 Å². The number of carboxylic acids is 1. The van der Waals surface area contributed by atoms with Crippen LogP contribution >= 0.6 is 0 Å². The van der Waals surface area contributed by atoms with E-state index >= 15 is 0 Å². The Morgan fingerprint density at radius 1 is 1.06 bits per heavy atom. The minimum Gasteiger partial charge on any atom is -0.481 e. The standard InChI is InChI=1S/C27H29N3O5/c28-12-6-5-11-24(26(33)29-18-13-17(14-18)15-25(31)32)30-27(34)35-16-23-21-9-3-1-7-19(21)20-8-2-4-10-22(20)23/h1-4,7-10,17-18,23-24H,5-6,11,13-16H2,(H,29,33)(H,30,34)(H,31,32). The first-order chi connectivity index (χ1) is 17.0. The number of amides is 2. The van der Waals surface area contributed by atoms with E-state index in [0.29, 0.717) is 25.7 Å². The predicted molar refractivity (Wildman–Crippen MR) is 128 cm³/mol. The molecule has 0 aliphatic heterocycles. The molecule has 2 aromatic rings. The Morgan fingerprint density at radius 2 is 1.69 bits per heavy atom. The topological polar surface area (TPSA) is 129 Å². The fourth-order valence-electron chi connectivity index (χ4n) is 5.01. The molecule has 3 N–H and O–H groups in total. The van der Waals surface area contributed by atoms with Crippen LogP contribution in [0.4, 0.5) is 4.79 Å². The molecule has 8 heteroatoms. The summed E-state index contributed by atoms with van der Waals surface area (Å²) in [7, 11) is 0. The molecule has 1 unspecified atom stereocenters. The van der Waals surface area contributed by atoms with E-state index in [-0.39, 0.29) is 43.2 Å². The first-order valence-electron chi connectivity index (χ1n) is 12.0. The molecule has 2 amide bonds. The molecule has 0 aromatic heterocycles. The number of unbranched alkanes of at least 4 members (excludes halogenated alkanes) is 1. The number of benzene rings is 2. The molecule has 1 fully saturated rings. The van der Waals surface area contributed by atoms with Gasteiger partial charge in [-0.1, -0.05) is 48.5 Å². The lowest BCUT2D eigenvalue weighted by Gasteiger charge is -2.35. The number of carboxylic acid groups (broad SMARTS) is 1. The zero-order valence-corrected chi connectivity index (χ0v) is 19.4. The number of hydrogen-bond acceptors (Lipinski definition) is 5. The predicted octanol–water partition coefficient (Wildman–Crippen LogP) is 3.96. The minimum absolute atomic E-state index is 0.0601. The Kier molecular flexibility index (Phi) is 7.66. The van der Waals surface area contributed by atoms with Gasteiger partial charge in [0.25, 0.3) is 0 Å². The molecular weight excluding hydrogens is 446 g/mol. The normalized spacial score (nSPS) is 18.8. The van der Waals surface area contributed by atoms with Crippen LogP contribution in [0.25, 0.3) is 11.1 Å². The molecule has 4 rings (SSSR count). The van der Waals surface area contributed by atoms with Gasteiger partial charge in [0, 0.05) is 24.8 Å². The van der Waals surface area contributed by atoms with Crippen LogP contribution in [0, 0.1) is 17.2 Å². The Bertz CT molecular complexity index is 1090. The van der Waals surface area contributed by atoms with Crippen LogP contribution in [0.1, 0.15) is 55.6 Å². The number of fused-ring (bicyclic) bond motifs is 3. The van der Waals surface area contributed by atoms with Crippen LogP contribution in [-0.4, -0.2) is 41.8 Å². The van der Waals surface area contributed by atoms with Crippen molar-refractivity contribution in [2.24, 2.45) is 5.92 Å². The van der Waals surface area contributed by atoms with E-state index in [4.69, 9.17) is 15.1 Å². The van der Waals surface area contributed by atoms with Gasteiger partial charge in [0.1, 0.15) is 12.6 Å². The van der Waals surface area contributed by atoms with Crippen molar-refractivity contribution in [1.82, 2.24) is 10.6 Å². The second kappa shape index (κ2) is 11.0. The molecule has 2 aliphatic carbocycles. The van der Waals surface area contributed by atoms with Gasteiger partial charge < -0.3 is 20.5 Å². The maximum absolute atomic E-state index is 12.8. The first kappa shape index (κ1) is 24.3. The van der Waals surface area contributed by atoms with Gasteiger partial charge >= 0.3 is 12.1 Å². The van der Waals surface area contributed by atoms with E-state index in [1.54, 1.807) is 0 Å². The Balaban J connectivity index is 1.34. The van der Waals surface area contributed by atoms with Crippen molar-refractivity contribution in [2.75, 3.05) is 6.61 Å². The highest BCUT2D eigenvalue weighted by atomic mass is 16.5. The lowest BCUT2D eigenvalue weighted by atomic mass is 9.78.